The van der Waals surface area contributed by atoms with E-state index in [0.717, 1.165) is 33.1 Å². The van der Waals surface area contributed by atoms with Crippen molar-refractivity contribution in [3.8, 4) is 28.5 Å². The Balaban J connectivity index is 1.45. The highest BCUT2D eigenvalue weighted by Crippen LogP contribution is 2.33. The number of aromatic nitrogens is 1. The Bertz CT molecular complexity index is 1440. The van der Waals surface area contributed by atoms with E-state index in [9.17, 15) is 4.79 Å². The summed E-state index contributed by atoms with van der Waals surface area (Å²) in [5.41, 5.74) is 3.35. The minimum atomic E-state index is -0.166. The maximum atomic E-state index is 11.8. The molecule has 0 unspecified atom stereocenters. The van der Waals surface area contributed by atoms with Gasteiger partial charge in [0.25, 0.3) is 5.91 Å². The first-order valence-electron chi connectivity index (χ1n) is 11.2. The van der Waals surface area contributed by atoms with Gasteiger partial charge in [0.05, 0.1) is 17.6 Å². The predicted molar refractivity (Wildman–Crippen MR) is 139 cm³/mol. The largest absolute Gasteiger partial charge is 0.482 e. The molecule has 2 heterocycles. The Morgan fingerprint density at radius 1 is 1.06 bits per heavy atom. The lowest BCUT2D eigenvalue weighted by Gasteiger charge is -2.18. The van der Waals surface area contributed by atoms with E-state index in [-0.39, 0.29) is 18.6 Å². The maximum absolute atomic E-state index is 11.8. The van der Waals surface area contributed by atoms with Crippen LogP contribution in [0.3, 0.4) is 0 Å². The number of fused-ring (bicyclic) bond motifs is 1. The van der Waals surface area contributed by atoms with Crippen molar-refractivity contribution in [2.24, 2.45) is 10.1 Å². The van der Waals surface area contributed by atoms with Gasteiger partial charge in [0.15, 0.2) is 6.61 Å². The van der Waals surface area contributed by atoms with Crippen molar-refractivity contribution in [1.29, 1.82) is 0 Å². The first-order chi connectivity index (χ1) is 17.0. The average Bonchev–Trinajstić information content (AvgIpc) is 3.25. The number of carbonyl (C=O) groups is 1. The molecule has 1 aliphatic heterocycles. The number of carbonyl (C=O) groups excluding carboxylic acids is 1. The Morgan fingerprint density at radius 3 is 2.60 bits per heavy atom. The monoisotopic (exact) mass is 484 g/mol. The molecule has 1 N–H and O–H groups in total. The molecule has 3 aromatic carbocycles. The van der Waals surface area contributed by atoms with E-state index >= 15 is 0 Å². The van der Waals surface area contributed by atoms with Crippen LogP contribution in [0.4, 0.5) is 5.69 Å². The summed E-state index contributed by atoms with van der Waals surface area (Å²) < 4.78 is 13.2. The summed E-state index contributed by atoms with van der Waals surface area (Å²) in [4.78, 5) is 17.3. The van der Waals surface area contributed by atoms with Crippen LogP contribution in [0.5, 0.6) is 17.2 Å². The fourth-order valence-electron chi connectivity index (χ4n) is 3.53. The van der Waals surface area contributed by atoms with Gasteiger partial charge < -0.3 is 14.8 Å². The highest BCUT2D eigenvalue weighted by atomic mass is 32.1. The van der Waals surface area contributed by atoms with Crippen molar-refractivity contribution < 1.29 is 14.3 Å². The average molecular weight is 485 g/mol. The first-order valence-corrected chi connectivity index (χ1v) is 12.1. The van der Waals surface area contributed by atoms with E-state index in [0.29, 0.717) is 11.4 Å². The molecule has 1 aromatic heterocycles. The van der Waals surface area contributed by atoms with Crippen LogP contribution in [0, 0.1) is 0 Å². The number of anilines is 1. The maximum Gasteiger partial charge on any atom is 0.262 e. The summed E-state index contributed by atoms with van der Waals surface area (Å²) in [6.07, 6.45) is 1.80. The second-order valence-electron chi connectivity index (χ2n) is 8.21. The van der Waals surface area contributed by atoms with Crippen molar-refractivity contribution in [2.45, 2.75) is 19.9 Å². The summed E-state index contributed by atoms with van der Waals surface area (Å²) in [6.45, 7) is 4.09. The number of amides is 1. The number of para-hydroxylation sites is 1. The first kappa shape index (κ1) is 22.6. The van der Waals surface area contributed by atoms with E-state index in [4.69, 9.17) is 19.6 Å². The molecular weight excluding hydrogens is 460 g/mol. The van der Waals surface area contributed by atoms with Gasteiger partial charge in [-0.2, -0.15) is 5.10 Å². The summed E-state index contributed by atoms with van der Waals surface area (Å²) >= 11 is 1.52. The molecule has 1 aliphatic rings. The molecule has 0 fully saturated rings. The van der Waals surface area contributed by atoms with Crippen LogP contribution in [0.15, 0.2) is 88.3 Å². The van der Waals surface area contributed by atoms with Crippen molar-refractivity contribution in [3.63, 3.8) is 0 Å². The molecule has 176 valence electrons. The van der Waals surface area contributed by atoms with Crippen LogP contribution in [-0.2, 0) is 4.79 Å². The van der Waals surface area contributed by atoms with Gasteiger partial charge in [0, 0.05) is 17.0 Å². The predicted octanol–water partition coefficient (Wildman–Crippen LogP) is 5.53. The van der Waals surface area contributed by atoms with Gasteiger partial charge in [-0.3, -0.25) is 9.79 Å². The summed E-state index contributed by atoms with van der Waals surface area (Å²) in [7, 11) is 0. The van der Waals surface area contributed by atoms with Crippen molar-refractivity contribution in [3.05, 3.63) is 88.5 Å². The molecule has 0 saturated carbocycles. The van der Waals surface area contributed by atoms with Crippen LogP contribution in [0.2, 0.25) is 0 Å². The molecule has 5 rings (SSSR count). The minimum Gasteiger partial charge on any atom is -0.482 e. The summed E-state index contributed by atoms with van der Waals surface area (Å²) in [5, 5.41) is 9.64. The highest BCUT2D eigenvalue weighted by Gasteiger charge is 2.18. The molecule has 35 heavy (non-hydrogen) atoms. The molecule has 4 aromatic rings. The van der Waals surface area contributed by atoms with E-state index in [1.165, 1.54) is 11.3 Å². The fourth-order valence-corrected chi connectivity index (χ4v) is 4.50. The number of ether oxygens (including phenoxy) is 2. The number of thiazole rings is 1. The Hall–Kier alpha value is -4.17. The Kier molecular flexibility index (Phi) is 6.45. The third-order valence-electron chi connectivity index (χ3n) is 5.14. The summed E-state index contributed by atoms with van der Waals surface area (Å²) in [5.74, 6) is 2.04. The lowest BCUT2D eigenvalue weighted by molar-refractivity contribution is -0.118. The van der Waals surface area contributed by atoms with Crippen LogP contribution in [0.1, 0.15) is 19.4 Å². The zero-order chi connectivity index (χ0) is 24.2. The van der Waals surface area contributed by atoms with E-state index in [2.05, 4.69) is 5.32 Å². The molecule has 0 bridgehead atoms. The van der Waals surface area contributed by atoms with Gasteiger partial charge in [0.2, 0.25) is 4.80 Å². The minimum absolute atomic E-state index is 0.0295. The number of rotatable bonds is 6. The van der Waals surface area contributed by atoms with Crippen molar-refractivity contribution >= 4 is 29.1 Å². The molecule has 0 spiro atoms. The molecule has 0 saturated heterocycles. The zero-order valence-corrected chi connectivity index (χ0v) is 20.2. The number of nitrogens with zero attached hydrogens (tertiary/aromatic N) is 3. The molecular formula is C27H24N4O3S. The molecule has 0 radical (unpaired) electrons. The number of hydrogen-bond acceptors (Lipinski definition) is 6. The quantitative estimate of drug-likeness (QED) is 0.366. The lowest BCUT2D eigenvalue weighted by Crippen LogP contribution is -2.25. The standard InChI is InChI=1S/C27H24N4O3S/c1-18(2)29-27-31(24(17-35-27)20-10-13-25-23(14-20)30-26(32)16-33-25)28-15-19-8-11-22(12-9-19)34-21-6-4-3-5-7-21/h3-15,17-18H,16H2,1-2H3,(H,30,32). The van der Waals surface area contributed by atoms with Gasteiger partial charge >= 0.3 is 0 Å². The van der Waals surface area contributed by atoms with Crippen LogP contribution in [-0.4, -0.2) is 29.4 Å². The number of hydrogen-bond donors (Lipinski definition) is 1. The molecule has 1 amide bonds. The van der Waals surface area contributed by atoms with Gasteiger partial charge in [0.1, 0.15) is 17.2 Å². The van der Waals surface area contributed by atoms with Crippen molar-refractivity contribution in [1.82, 2.24) is 4.68 Å². The molecule has 8 heteroatoms. The summed E-state index contributed by atoms with van der Waals surface area (Å²) in [6, 6.07) is 23.3. The second kappa shape index (κ2) is 9.99. The normalized spacial score (nSPS) is 13.6. The topological polar surface area (TPSA) is 77.2 Å². The van der Waals surface area contributed by atoms with Gasteiger partial charge in [-0.05, 0) is 74.0 Å². The van der Waals surface area contributed by atoms with E-state index < -0.39 is 0 Å². The Morgan fingerprint density at radius 2 is 1.83 bits per heavy atom. The fraction of sp³-hybridized carbons (Fsp3) is 0.148. The number of benzene rings is 3. The van der Waals surface area contributed by atoms with Crippen molar-refractivity contribution in [2.75, 3.05) is 11.9 Å². The lowest BCUT2D eigenvalue weighted by atomic mass is 10.1. The second-order valence-corrected chi connectivity index (χ2v) is 9.05. The Labute approximate surface area is 207 Å². The van der Waals surface area contributed by atoms with Crippen LogP contribution >= 0.6 is 11.3 Å². The van der Waals surface area contributed by atoms with E-state index in [1.807, 2.05) is 96.7 Å². The highest BCUT2D eigenvalue weighted by molar-refractivity contribution is 7.07. The van der Waals surface area contributed by atoms with Gasteiger partial charge in [-0.15, -0.1) is 11.3 Å². The van der Waals surface area contributed by atoms with Crippen LogP contribution < -0.4 is 19.6 Å². The molecule has 0 aliphatic carbocycles. The smallest absolute Gasteiger partial charge is 0.262 e. The zero-order valence-electron chi connectivity index (χ0n) is 19.3. The third kappa shape index (κ3) is 5.33. The van der Waals surface area contributed by atoms with Gasteiger partial charge in [-0.25, -0.2) is 4.68 Å². The van der Waals surface area contributed by atoms with Gasteiger partial charge in [-0.1, -0.05) is 18.2 Å². The van der Waals surface area contributed by atoms with Crippen LogP contribution in [0.25, 0.3) is 11.3 Å². The molecule has 0 atom stereocenters. The third-order valence-corrected chi connectivity index (χ3v) is 5.97. The SMILES string of the molecule is CC(C)N=c1scc(-c2ccc3c(c2)NC(=O)CO3)n1N=Cc1ccc(Oc2ccccc2)cc1. The molecule has 7 nitrogen and oxygen atoms in total. The van der Waals surface area contributed by atoms with E-state index in [1.54, 1.807) is 6.21 Å². The number of nitrogens with one attached hydrogen (secondary N) is 1.